The number of unbranched alkanes of at least 4 members (excludes halogenated alkanes) is 28. The van der Waals surface area contributed by atoms with E-state index < -0.39 is 12.1 Å². The molecule has 0 saturated heterocycles. The fourth-order valence-corrected chi connectivity index (χ4v) is 7.00. The highest BCUT2D eigenvalue weighted by molar-refractivity contribution is 5.76. The van der Waals surface area contributed by atoms with E-state index in [-0.39, 0.29) is 12.5 Å². The van der Waals surface area contributed by atoms with Crippen LogP contribution in [0.2, 0.25) is 0 Å². The van der Waals surface area contributed by atoms with Crippen molar-refractivity contribution in [2.24, 2.45) is 0 Å². The first-order valence-corrected chi connectivity index (χ1v) is 24.0. The van der Waals surface area contributed by atoms with Gasteiger partial charge in [-0.25, -0.2) is 0 Å². The van der Waals surface area contributed by atoms with E-state index in [0.717, 1.165) is 57.8 Å². The number of aliphatic hydroxyl groups is 2. The normalized spacial score (nSPS) is 13.5. The average molecular weight is 768 g/mol. The van der Waals surface area contributed by atoms with Gasteiger partial charge in [-0.3, -0.25) is 4.79 Å². The third kappa shape index (κ3) is 43.1. The molecule has 4 nitrogen and oxygen atoms in total. The van der Waals surface area contributed by atoms with Crippen molar-refractivity contribution in [1.82, 2.24) is 5.32 Å². The minimum Gasteiger partial charge on any atom is -0.394 e. The Bertz CT molecular complexity index is 919. The van der Waals surface area contributed by atoms with Gasteiger partial charge in [-0.2, -0.15) is 0 Å². The van der Waals surface area contributed by atoms with Crippen LogP contribution in [0, 0.1) is 0 Å². The molecule has 0 saturated carbocycles. The van der Waals surface area contributed by atoms with Gasteiger partial charge < -0.3 is 15.5 Å². The molecule has 4 heteroatoms. The quantitative estimate of drug-likeness (QED) is 0.0427. The first-order chi connectivity index (χ1) is 27.2. The fraction of sp³-hybridized carbons (Fsp3) is 0.784. The molecular formula is C51H93NO3. The largest absolute Gasteiger partial charge is 0.394 e. The van der Waals surface area contributed by atoms with Gasteiger partial charge in [0.1, 0.15) is 0 Å². The van der Waals surface area contributed by atoms with E-state index in [4.69, 9.17) is 0 Å². The molecule has 320 valence electrons. The number of carbonyl (C=O) groups is 1. The molecule has 0 aliphatic rings. The maximum absolute atomic E-state index is 12.4. The molecule has 0 spiro atoms. The Labute approximate surface area is 343 Å². The van der Waals surface area contributed by atoms with Crippen LogP contribution in [0.5, 0.6) is 0 Å². The fourth-order valence-electron chi connectivity index (χ4n) is 7.00. The number of nitrogens with one attached hydrogen (secondary N) is 1. The molecule has 2 atom stereocenters. The molecule has 0 aromatic carbocycles. The van der Waals surface area contributed by atoms with E-state index in [9.17, 15) is 15.0 Å². The summed E-state index contributed by atoms with van der Waals surface area (Å²) < 4.78 is 0. The number of hydrogen-bond acceptors (Lipinski definition) is 3. The number of hydrogen-bond donors (Lipinski definition) is 3. The molecule has 3 N–H and O–H groups in total. The Hall–Kier alpha value is -1.91. The molecule has 0 aromatic rings. The summed E-state index contributed by atoms with van der Waals surface area (Å²) in [5, 5.41) is 23.0. The van der Waals surface area contributed by atoms with Crippen LogP contribution in [0.25, 0.3) is 0 Å². The van der Waals surface area contributed by atoms with Gasteiger partial charge in [-0.15, -0.1) is 0 Å². The van der Waals surface area contributed by atoms with Crippen LogP contribution < -0.4 is 5.32 Å². The van der Waals surface area contributed by atoms with E-state index in [0.29, 0.717) is 6.42 Å². The van der Waals surface area contributed by atoms with Gasteiger partial charge in [-0.1, -0.05) is 216 Å². The van der Waals surface area contributed by atoms with E-state index in [2.05, 4.69) is 67.8 Å². The molecule has 0 aromatic heterocycles. The molecule has 1 amide bonds. The second-order valence-electron chi connectivity index (χ2n) is 16.2. The highest BCUT2D eigenvalue weighted by Crippen LogP contribution is 2.15. The van der Waals surface area contributed by atoms with Gasteiger partial charge in [0.15, 0.2) is 0 Å². The third-order valence-corrected chi connectivity index (χ3v) is 10.7. The topological polar surface area (TPSA) is 69.6 Å². The van der Waals surface area contributed by atoms with Gasteiger partial charge in [0, 0.05) is 6.42 Å². The van der Waals surface area contributed by atoms with Crippen LogP contribution in [0.4, 0.5) is 0 Å². The van der Waals surface area contributed by atoms with Crippen molar-refractivity contribution in [2.45, 2.75) is 251 Å². The van der Waals surface area contributed by atoms with Crippen LogP contribution in [0.3, 0.4) is 0 Å². The summed E-state index contributed by atoms with van der Waals surface area (Å²) in [5.74, 6) is -0.0930. The Morgan fingerprint density at radius 1 is 0.436 bits per heavy atom. The number of allylic oxidation sites excluding steroid dienone is 9. The zero-order valence-corrected chi connectivity index (χ0v) is 36.7. The predicted octanol–water partition coefficient (Wildman–Crippen LogP) is 15.3. The van der Waals surface area contributed by atoms with Crippen LogP contribution >= 0.6 is 0 Å². The van der Waals surface area contributed by atoms with E-state index in [1.165, 1.54) is 161 Å². The van der Waals surface area contributed by atoms with Gasteiger partial charge in [0.05, 0.1) is 18.8 Å². The van der Waals surface area contributed by atoms with Crippen LogP contribution in [-0.4, -0.2) is 34.9 Å². The van der Waals surface area contributed by atoms with Crippen LogP contribution in [-0.2, 0) is 4.79 Å². The lowest BCUT2D eigenvalue weighted by atomic mass is 10.0. The van der Waals surface area contributed by atoms with Gasteiger partial charge >= 0.3 is 0 Å². The molecule has 0 aliphatic heterocycles. The molecule has 0 fully saturated rings. The van der Waals surface area contributed by atoms with Gasteiger partial charge in [0.2, 0.25) is 5.91 Å². The lowest BCUT2D eigenvalue weighted by Gasteiger charge is -2.19. The first-order valence-electron chi connectivity index (χ1n) is 24.0. The second kappa shape index (κ2) is 46.5. The van der Waals surface area contributed by atoms with E-state index >= 15 is 0 Å². The Morgan fingerprint density at radius 2 is 0.764 bits per heavy atom. The summed E-state index contributed by atoms with van der Waals surface area (Å²) in [4.78, 5) is 12.4. The van der Waals surface area contributed by atoms with Crippen molar-refractivity contribution >= 4 is 5.91 Å². The zero-order chi connectivity index (χ0) is 40.0. The molecule has 0 aliphatic carbocycles. The monoisotopic (exact) mass is 768 g/mol. The van der Waals surface area contributed by atoms with Gasteiger partial charge in [0.25, 0.3) is 0 Å². The standard InChI is InChI=1S/C51H93NO3/c1-3-5-7-9-11-13-15-17-19-20-21-22-23-24-25-26-27-28-29-30-31-33-34-36-38-40-42-44-46-50(54)49(48-53)52-51(55)47-45-43-41-39-37-35-32-18-16-14-12-10-8-6-4-2/h12,14,18,30-32,36,38,44,46,49-50,53-54H,3-11,13,15-17,19-29,33-35,37,39-43,45,47-48H2,1-2H3,(H,52,55)/b14-12-,31-30+,32-18-,38-36+,46-44+. The van der Waals surface area contributed by atoms with Crippen molar-refractivity contribution in [3.8, 4) is 0 Å². The lowest BCUT2D eigenvalue weighted by molar-refractivity contribution is -0.123. The minimum absolute atomic E-state index is 0.0930. The average Bonchev–Trinajstić information content (AvgIpc) is 3.19. The minimum atomic E-state index is -0.878. The summed E-state index contributed by atoms with van der Waals surface area (Å²) >= 11 is 0. The van der Waals surface area contributed by atoms with Gasteiger partial charge in [-0.05, 0) is 77.0 Å². The number of rotatable bonds is 43. The molecule has 0 rings (SSSR count). The molecule has 0 bridgehead atoms. The van der Waals surface area contributed by atoms with Crippen molar-refractivity contribution in [3.63, 3.8) is 0 Å². The smallest absolute Gasteiger partial charge is 0.220 e. The van der Waals surface area contributed by atoms with E-state index in [1.54, 1.807) is 6.08 Å². The van der Waals surface area contributed by atoms with Crippen molar-refractivity contribution in [2.75, 3.05) is 6.61 Å². The maximum Gasteiger partial charge on any atom is 0.220 e. The predicted molar refractivity (Wildman–Crippen MR) is 244 cm³/mol. The molecule has 55 heavy (non-hydrogen) atoms. The third-order valence-electron chi connectivity index (χ3n) is 10.7. The Kier molecular flexibility index (Phi) is 44.9. The molecule has 2 unspecified atom stereocenters. The number of aliphatic hydroxyl groups excluding tert-OH is 2. The SMILES string of the molecule is CCCCC/C=C\C/C=C\CCCCCCCC(=O)NC(CO)C(O)/C=C/CC/C=C/CC/C=C/CCCCCCCCCCCCCCCCCCCC. The van der Waals surface area contributed by atoms with Crippen molar-refractivity contribution < 1.29 is 15.0 Å². The summed E-state index contributed by atoms with van der Waals surface area (Å²) in [6.07, 6.45) is 65.0. The highest BCUT2D eigenvalue weighted by Gasteiger charge is 2.17. The lowest BCUT2D eigenvalue weighted by Crippen LogP contribution is -2.45. The Morgan fingerprint density at radius 3 is 1.20 bits per heavy atom. The van der Waals surface area contributed by atoms with Crippen molar-refractivity contribution in [1.29, 1.82) is 0 Å². The summed E-state index contributed by atoms with van der Waals surface area (Å²) in [5.41, 5.74) is 0. The number of amides is 1. The van der Waals surface area contributed by atoms with Crippen LogP contribution in [0.15, 0.2) is 60.8 Å². The zero-order valence-electron chi connectivity index (χ0n) is 36.7. The van der Waals surface area contributed by atoms with Crippen molar-refractivity contribution in [3.05, 3.63) is 60.8 Å². The second-order valence-corrected chi connectivity index (χ2v) is 16.2. The summed E-state index contributed by atoms with van der Waals surface area (Å²) in [6, 6.07) is -0.655. The summed E-state index contributed by atoms with van der Waals surface area (Å²) in [6.45, 7) is 4.26. The van der Waals surface area contributed by atoms with E-state index in [1.807, 2.05) is 6.08 Å². The van der Waals surface area contributed by atoms with Crippen LogP contribution in [0.1, 0.15) is 239 Å². The molecule has 0 heterocycles. The summed E-state index contributed by atoms with van der Waals surface area (Å²) in [7, 11) is 0. The Balaban J connectivity index is 3.61. The first kappa shape index (κ1) is 53.1. The maximum atomic E-state index is 12.4. The number of carbonyl (C=O) groups excluding carboxylic acids is 1. The molecule has 0 radical (unpaired) electrons. The molecular weight excluding hydrogens is 675 g/mol. The highest BCUT2D eigenvalue weighted by atomic mass is 16.3.